The van der Waals surface area contributed by atoms with Gasteiger partial charge in [0.25, 0.3) is 11.8 Å². The van der Waals surface area contributed by atoms with Crippen LogP contribution in [0.2, 0.25) is 0 Å². The number of amides is 3. The number of carbonyl (C=O) groups excluding carboxylic acids is 4. The van der Waals surface area contributed by atoms with Crippen LogP contribution in [0.5, 0.6) is 0 Å². The predicted molar refractivity (Wildman–Crippen MR) is 85.3 cm³/mol. The third-order valence-electron chi connectivity index (χ3n) is 3.89. The first kappa shape index (κ1) is 17.7. The highest BCUT2D eigenvalue weighted by Crippen LogP contribution is 2.22. The molecule has 0 aromatic heterocycles. The first-order valence-corrected chi connectivity index (χ1v) is 7.82. The predicted octanol–water partition coefficient (Wildman–Crippen LogP) is 1.13. The number of esters is 1. The number of imide groups is 1. The number of methoxy groups -OCH3 is 1. The van der Waals surface area contributed by atoms with E-state index in [2.05, 4.69) is 10.1 Å². The van der Waals surface area contributed by atoms with E-state index in [1.807, 2.05) is 0 Å². The molecule has 3 amide bonds. The number of hydrogen-bond acceptors (Lipinski definition) is 5. The molecule has 1 unspecified atom stereocenters. The van der Waals surface area contributed by atoms with Crippen molar-refractivity contribution in [3.8, 4) is 0 Å². The molecular weight excluding hydrogens is 312 g/mol. The lowest BCUT2D eigenvalue weighted by molar-refractivity contribution is -0.145. The zero-order chi connectivity index (χ0) is 17.7. The maximum absolute atomic E-state index is 12.2. The molecule has 1 heterocycles. The number of rotatable bonds is 7. The van der Waals surface area contributed by atoms with Crippen molar-refractivity contribution >= 4 is 23.7 Å². The van der Waals surface area contributed by atoms with Gasteiger partial charge in [0.05, 0.1) is 18.2 Å². The van der Waals surface area contributed by atoms with E-state index in [1.54, 1.807) is 31.2 Å². The van der Waals surface area contributed by atoms with Crippen LogP contribution in [0.1, 0.15) is 46.9 Å². The number of fused-ring (bicyclic) bond motifs is 1. The van der Waals surface area contributed by atoms with Crippen molar-refractivity contribution in [1.82, 2.24) is 10.2 Å². The number of nitrogens with zero attached hydrogens (tertiary/aromatic N) is 1. The molecule has 0 saturated heterocycles. The monoisotopic (exact) mass is 332 g/mol. The topological polar surface area (TPSA) is 92.8 Å². The van der Waals surface area contributed by atoms with Gasteiger partial charge in [-0.1, -0.05) is 19.1 Å². The summed E-state index contributed by atoms with van der Waals surface area (Å²) in [5, 5.41) is 2.58. The number of benzene rings is 1. The minimum atomic E-state index is -0.679. The van der Waals surface area contributed by atoms with Crippen LogP contribution in [-0.2, 0) is 14.3 Å². The van der Waals surface area contributed by atoms with Gasteiger partial charge in [-0.3, -0.25) is 19.3 Å². The summed E-state index contributed by atoms with van der Waals surface area (Å²) in [5.41, 5.74) is 0.785. The van der Waals surface area contributed by atoms with E-state index in [0.29, 0.717) is 24.0 Å². The van der Waals surface area contributed by atoms with Crippen molar-refractivity contribution in [2.24, 2.45) is 0 Å². The van der Waals surface area contributed by atoms with Crippen LogP contribution in [0.25, 0.3) is 0 Å². The largest absolute Gasteiger partial charge is 0.467 e. The van der Waals surface area contributed by atoms with Crippen LogP contribution >= 0.6 is 0 Å². The second-order valence-corrected chi connectivity index (χ2v) is 5.46. The van der Waals surface area contributed by atoms with Gasteiger partial charge in [-0.15, -0.1) is 0 Å². The first-order chi connectivity index (χ1) is 11.5. The van der Waals surface area contributed by atoms with Crippen LogP contribution in [-0.4, -0.2) is 48.3 Å². The molecule has 0 fully saturated rings. The Labute approximate surface area is 140 Å². The molecular formula is C17H20N2O5. The smallest absolute Gasteiger partial charge is 0.328 e. The minimum absolute atomic E-state index is 0.112. The summed E-state index contributed by atoms with van der Waals surface area (Å²) >= 11 is 0. The molecule has 128 valence electrons. The Morgan fingerprint density at radius 2 is 1.75 bits per heavy atom. The molecule has 1 aromatic rings. The highest BCUT2D eigenvalue weighted by molar-refractivity contribution is 6.21. The van der Waals surface area contributed by atoms with Crippen LogP contribution in [0, 0.1) is 0 Å². The number of ether oxygens (including phenoxy) is 1. The Morgan fingerprint density at radius 3 is 2.25 bits per heavy atom. The van der Waals surface area contributed by atoms with Gasteiger partial charge in [-0.25, -0.2) is 4.79 Å². The van der Waals surface area contributed by atoms with E-state index in [1.165, 1.54) is 7.11 Å². The Balaban J connectivity index is 1.85. The van der Waals surface area contributed by atoms with Gasteiger partial charge < -0.3 is 10.1 Å². The van der Waals surface area contributed by atoms with Gasteiger partial charge in [-0.2, -0.15) is 0 Å². The minimum Gasteiger partial charge on any atom is -0.467 e. The number of nitrogens with one attached hydrogen (secondary N) is 1. The Bertz CT molecular complexity index is 636. The van der Waals surface area contributed by atoms with Gasteiger partial charge in [0, 0.05) is 13.0 Å². The normalized spacial score (nSPS) is 14.3. The molecule has 1 N–H and O–H groups in total. The summed E-state index contributed by atoms with van der Waals surface area (Å²) in [6.07, 6.45) is 0.868. The third kappa shape index (κ3) is 3.61. The molecule has 1 aliphatic rings. The Morgan fingerprint density at radius 1 is 1.17 bits per heavy atom. The van der Waals surface area contributed by atoms with Crippen LogP contribution < -0.4 is 5.32 Å². The number of hydrogen-bond donors (Lipinski definition) is 1. The highest BCUT2D eigenvalue weighted by Gasteiger charge is 2.34. The molecule has 2 rings (SSSR count). The molecule has 0 saturated carbocycles. The second-order valence-electron chi connectivity index (χ2n) is 5.46. The molecule has 1 aliphatic heterocycles. The van der Waals surface area contributed by atoms with E-state index < -0.39 is 12.0 Å². The standard InChI is InChI=1S/C17H20N2O5/c1-3-13(17(23)24-2)18-14(20)9-6-10-19-15(21)11-7-4-5-8-12(11)16(19)22/h4-5,7-8,13H,3,6,9-10H2,1-2H3,(H,18,20). The average Bonchev–Trinajstić information content (AvgIpc) is 2.84. The van der Waals surface area contributed by atoms with E-state index in [4.69, 9.17) is 0 Å². The van der Waals surface area contributed by atoms with Gasteiger partial charge >= 0.3 is 5.97 Å². The fourth-order valence-corrected chi connectivity index (χ4v) is 2.58. The van der Waals surface area contributed by atoms with Crippen molar-refractivity contribution < 1.29 is 23.9 Å². The van der Waals surface area contributed by atoms with E-state index >= 15 is 0 Å². The van der Waals surface area contributed by atoms with Gasteiger partial charge in [0.15, 0.2) is 0 Å². The SMILES string of the molecule is CCC(NC(=O)CCCN1C(=O)c2ccccc2C1=O)C(=O)OC. The fraction of sp³-hybridized carbons (Fsp3) is 0.412. The quantitative estimate of drug-likeness (QED) is 0.597. The number of carbonyl (C=O) groups is 4. The highest BCUT2D eigenvalue weighted by atomic mass is 16.5. The summed E-state index contributed by atoms with van der Waals surface area (Å²) in [4.78, 5) is 48.8. The van der Waals surface area contributed by atoms with Gasteiger partial charge in [0.1, 0.15) is 6.04 Å². The molecule has 7 heteroatoms. The van der Waals surface area contributed by atoms with E-state index in [9.17, 15) is 19.2 Å². The summed E-state index contributed by atoms with van der Waals surface area (Å²) in [6, 6.07) is 5.97. The summed E-state index contributed by atoms with van der Waals surface area (Å²) in [6.45, 7) is 1.93. The molecule has 24 heavy (non-hydrogen) atoms. The third-order valence-corrected chi connectivity index (χ3v) is 3.89. The fourth-order valence-electron chi connectivity index (χ4n) is 2.58. The summed E-state index contributed by atoms with van der Waals surface area (Å²) in [7, 11) is 1.26. The molecule has 0 bridgehead atoms. The first-order valence-electron chi connectivity index (χ1n) is 7.82. The second kappa shape index (κ2) is 7.72. The summed E-state index contributed by atoms with van der Waals surface area (Å²) < 4.78 is 4.60. The molecule has 1 aromatic carbocycles. The van der Waals surface area contributed by atoms with E-state index in [-0.39, 0.29) is 30.7 Å². The molecule has 7 nitrogen and oxygen atoms in total. The Kier molecular flexibility index (Phi) is 5.68. The van der Waals surface area contributed by atoms with Crippen LogP contribution in [0.4, 0.5) is 0 Å². The molecule has 0 aliphatic carbocycles. The van der Waals surface area contributed by atoms with Crippen molar-refractivity contribution in [3.05, 3.63) is 35.4 Å². The molecule has 1 atom stereocenters. The van der Waals surface area contributed by atoms with Crippen LogP contribution in [0.3, 0.4) is 0 Å². The van der Waals surface area contributed by atoms with Crippen LogP contribution in [0.15, 0.2) is 24.3 Å². The van der Waals surface area contributed by atoms with Gasteiger partial charge in [-0.05, 0) is 25.0 Å². The van der Waals surface area contributed by atoms with Crippen molar-refractivity contribution in [2.45, 2.75) is 32.2 Å². The lowest BCUT2D eigenvalue weighted by atomic mass is 10.1. The average molecular weight is 332 g/mol. The summed E-state index contributed by atoms with van der Waals surface area (Å²) in [5.74, 6) is -1.48. The zero-order valence-electron chi connectivity index (χ0n) is 13.7. The lowest BCUT2D eigenvalue weighted by Crippen LogP contribution is -2.41. The Hall–Kier alpha value is -2.70. The molecule has 0 spiro atoms. The van der Waals surface area contributed by atoms with Crippen molar-refractivity contribution in [3.63, 3.8) is 0 Å². The maximum Gasteiger partial charge on any atom is 0.328 e. The maximum atomic E-state index is 12.2. The lowest BCUT2D eigenvalue weighted by Gasteiger charge is -2.16. The van der Waals surface area contributed by atoms with E-state index in [0.717, 1.165) is 4.90 Å². The van der Waals surface area contributed by atoms with Crippen molar-refractivity contribution in [2.75, 3.05) is 13.7 Å². The van der Waals surface area contributed by atoms with Gasteiger partial charge in [0.2, 0.25) is 5.91 Å². The zero-order valence-corrected chi connectivity index (χ0v) is 13.7. The molecule has 0 radical (unpaired) electrons. The van der Waals surface area contributed by atoms with Crippen molar-refractivity contribution in [1.29, 1.82) is 0 Å².